The van der Waals surface area contributed by atoms with E-state index in [9.17, 15) is 4.79 Å². The van der Waals surface area contributed by atoms with Gasteiger partial charge in [0.1, 0.15) is 5.82 Å². The highest BCUT2D eigenvalue weighted by Crippen LogP contribution is 2.25. The number of imidazole rings is 1. The minimum absolute atomic E-state index is 0.273. The molecule has 0 saturated carbocycles. The van der Waals surface area contributed by atoms with E-state index in [-0.39, 0.29) is 6.42 Å². The number of aryl methyl sites for hydroxylation is 1. The molecule has 28 heavy (non-hydrogen) atoms. The molecule has 0 bridgehead atoms. The number of nitrogens with zero attached hydrogens (tertiary/aromatic N) is 3. The lowest BCUT2D eigenvalue weighted by Crippen LogP contribution is -2.00. The summed E-state index contributed by atoms with van der Waals surface area (Å²) in [5.41, 5.74) is 1.80. The van der Waals surface area contributed by atoms with Crippen LogP contribution in [-0.2, 0) is 18.3 Å². The first-order valence-electron chi connectivity index (χ1n) is 12.2. The van der Waals surface area contributed by atoms with Gasteiger partial charge in [-0.3, -0.25) is 9.78 Å². The van der Waals surface area contributed by atoms with Crippen LogP contribution in [0.2, 0.25) is 0 Å². The Labute approximate surface area is 174 Å². The summed E-state index contributed by atoms with van der Waals surface area (Å²) in [4.78, 5) is 21.4. The summed E-state index contributed by atoms with van der Waals surface area (Å²) in [6.45, 7) is 1.91. The Morgan fingerprint density at radius 1 is 1.14 bits per heavy atom. The van der Waals surface area contributed by atoms with Crippen LogP contribution < -0.4 is 0 Å². The first-order chi connectivity index (χ1) is 16.5. The first-order valence-corrected chi connectivity index (χ1v) is 8.66. The molecule has 0 spiro atoms. The molecular formula is C24H21N3O. The van der Waals surface area contributed by atoms with E-state index in [0.29, 0.717) is 5.69 Å². The van der Waals surface area contributed by atoms with Crippen LogP contribution >= 0.6 is 0 Å². The zero-order chi connectivity index (χ0) is 25.6. The fraction of sp³-hybridized carbons (Fsp3) is 0.125. The van der Waals surface area contributed by atoms with Gasteiger partial charge in [0.2, 0.25) is 0 Å². The van der Waals surface area contributed by atoms with Crippen LogP contribution in [0.25, 0.3) is 28.1 Å². The fourth-order valence-electron chi connectivity index (χ4n) is 2.87. The fourth-order valence-corrected chi connectivity index (χ4v) is 2.87. The molecule has 4 nitrogen and oxygen atoms in total. The number of allylic oxidation sites excluding steroid dienone is 1. The average molecular weight is 374 g/mol. The van der Waals surface area contributed by atoms with E-state index in [1.807, 2.05) is 36.7 Å². The normalized spacial score (nSPS) is 15.6. The molecule has 0 radical (unpaired) electrons. The molecule has 0 fully saturated rings. The van der Waals surface area contributed by atoms with E-state index in [2.05, 4.69) is 9.97 Å². The molecule has 0 aliphatic rings. The SMILES string of the molecule is [2H]/C(C(=O)Cc1cc2cc(-c3cnc(C)n3C)ccc2cn1)=C(/[2H])c1c([2H])c([2H])c([2H])c([2H])c1[2H]. The number of carbonyl (C=O) groups is 1. The van der Waals surface area contributed by atoms with Gasteiger partial charge in [0, 0.05) is 29.9 Å². The largest absolute Gasteiger partial charge is 0.331 e. The van der Waals surface area contributed by atoms with Gasteiger partial charge in [0.05, 0.1) is 27.9 Å². The van der Waals surface area contributed by atoms with Crippen molar-refractivity contribution in [2.45, 2.75) is 13.3 Å². The lowest BCUT2D eigenvalue weighted by atomic mass is 10.0. The Kier molecular flexibility index (Phi) is 3.08. The maximum atomic E-state index is 12.8. The summed E-state index contributed by atoms with van der Waals surface area (Å²) in [6, 6.07) is 3.01. The van der Waals surface area contributed by atoms with Crippen LogP contribution in [0.1, 0.15) is 26.7 Å². The van der Waals surface area contributed by atoms with Crippen molar-refractivity contribution in [3.05, 3.63) is 90.0 Å². The number of hydrogen-bond acceptors (Lipinski definition) is 3. The van der Waals surface area contributed by atoms with Crippen molar-refractivity contribution in [1.82, 2.24) is 14.5 Å². The van der Waals surface area contributed by atoms with Crippen LogP contribution in [0.15, 0.2) is 72.9 Å². The van der Waals surface area contributed by atoms with Gasteiger partial charge in [0.15, 0.2) is 5.78 Å². The minimum Gasteiger partial charge on any atom is -0.331 e. The highest BCUT2D eigenvalue weighted by atomic mass is 16.1. The van der Waals surface area contributed by atoms with Gasteiger partial charge in [-0.05, 0) is 36.1 Å². The number of benzene rings is 2. The van der Waals surface area contributed by atoms with E-state index in [4.69, 9.17) is 9.60 Å². The first kappa shape index (κ1) is 11.3. The second-order valence-electron chi connectivity index (χ2n) is 6.34. The molecule has 138 valence electrons. The minimum atomic E-state index is -0.746. The van der Waals surface area contributed by atoms with Crippen molar-refractivity contribution < 1.29 is 14.4 Å². The quantitative estimate of drug-likeness (QED) is 0.473. The molecule has 2 aromatic heterocycles. The molecular weight excluding hydrogens is 346 g/mol. The molecule has 4 heteroatoms. The zero-order valence-electron chi connectivity index (χ0n) is 22.4. The molecule has 0 atom stereocenters. The van der Waals surface area contributed by atoms with E-state index >= 15 is 0 Å². The molecule has 4 rings (SSSR count). The van der Waals surface area contributed by atoms with Gasteiger partial charge in [-0.2, -0.15) is 0 Å². The van der Waals surface area contributed by atoms with Gasteiger partial charge in [-0.1, -0.05) is 48.4 Å². The third kappa shape index (κ3) is 3.76. The molecule has 0 amide bonds. The maximum absolute atomic E-state index is 12.8. The smallest absolute Gasteiger partial charge is 0.161 e. The van der Waals surface area contributed by atoms with Crippen LogP contribution in [0, 0.1) is 6.92 Å². The zero-order valence-corrected chi connectivity index (χ0v) is 15.4. The Hall–Kier alpha value is -3.53. The number of carbonyl (C=O) groups excluding carboxylic acids is 1. The molecule has 2 heterocycles. The van der Waals surface area contributed by atoms with Gasteiger partial charge in [-0.25, -0.2) is 4.98 Å². The molecule has 0 unspecified atom stereocenters. The summed E-state index contributed by atoms with van der Waals surface area (Å²) in [7, 11) is 1.93. The maximum Gasteiger partial charge on any atom is 0.161 e. The van der Waals surface area contributed by atoms with E-state index in [1.165, 1.54) is 0 Å². The highest BCUT2D eigenvalue weighted by Gasteiger charge is 2.08. The second-order valence-corrected chi connectivity index (χ2v) is 6.34. The van der Waals surface area contributed by atoms with Gasteiger partial charge < -0.3 is 4.57 Å². The topological polar surface area (TPSA) is 47.8 Å². The molecule has 2 aromatic carbocycles. The Morgan fingerprint density at radius 3 is 2.71 bits per heavy atom. The third-order valence-electron chi connectivity index (χ3n) is 4.46. The van der Waals surface area contributed by atoms with Crippen molar-refractivity contribution >= 4 is 22.6 Å². The Morgan fingerprint density at radius 2 is 1.96 bits per heavy atom. The Balaban J connectivity index is 1.68. The second kappa shape index (κ2) is 7.61. The van der Waals surface area contributed by atoms with Crippen molar-refractivity contribution in [2.24, 2.45) is 7.05 Å². The Bertz CT molecular complexity index is 1510. The highest BCUT2D eigenvalue weighted by molar-refractivity contribution is 5.95. The van der Waals surface area contributed by atoms with Crippen LogP contribution in [0.3, 0.4) is 0 Å². The molecule has 0 aliphatic carbocycles. The van der Waals surface area contributed by atoms with Crippen molar-refractivity contribution in [3.63, 3.8) is 0 Å². The van der Waals surface area contributed by atoms with Crippen LogP contribution in [0.5, 0.6) is 0 Å². The van der Waals surface area contributed by atoms with Crippen LogP contribution in [0.4, 0.5) is 0 Å². The standard InChI is InChI=1S/C24H21N3O/c1-17-25-16-24(27(17)2)19-9-10-20-15-26-22(13-21(20)12-19)14-23(28)11-8-18-6-4-3-5-7-18/h3-13,15-16H,14H2,1-2H3/b11-8+/i3D,4D,5D,6D,7D,8D,11D. The number of fused-ring (bicyclic) bond motifs is 1. The van der Waals surface area contributed by atoms with Crippen molar-refractivity contribution in [2.75, 3.05) is 0 Å². The predicted molar refractivity (Wildman–Crippen MR) is 113 cm³/mol. The molecule has 4 aromatic rings. The summed E-state index contributed by atoms with van der Waals surface area (Å²) < 4.78 is 57.5. The van der Waals surface area contributed by atoms with Crippen molar-refractivity contribution in [1.29, 1.82) is 0 Å². The molecule has 0 N–H and O–H groups in total. The monoisotopic (exact) mass is 374 g/mol. The third-order valence-corrected chi connectivity index (χ3v) is 4.46. The summed E-state index contributed by atoms with van der Waals surface area (Å²) in [5, 5.41) is 1.71. The van der Waals surface area contributed by atoms with Gasteiger partial charge >= 0.3 is 0 Å². The molecule has 0 saturated heterocycles. The number of ketones is 1. The summed E-state index contributed by atoms with van der Waals surface area (Å²) >= 11 is 0. The number of pyridine rings is 1. The van der Waals surface area contributed by atoms with Gasteiger partial charge in [0.25, 0.3) is 0 Å². The summed E-state index contributed by atoms with van der Waals surface area (Å²) in [5.74, 6) is 0.133. The average Bonchev–Trinajstić information content (AvgIpc) is 3.18. The van der Waals surface area contributed by atoms with Gasteiger partial charge in [-0.15, -0.1) is 0 Å². The lowest BCUT2D eigenvalue weighted by Gasteiger charge is -2.07. The molecule has 0 aliphatic heterocycles. The van der Waals surface area contributed by atoms with E-state index < -0.39 is 53.7 Å². The van der Waals surface area contributed by atoms with Crippen LogP contribution in [-0.4, -0.2) is 20.3 Å². The number of rotatable bonds is 5. The van der Waals surface area contributed by atoms with Crippen molar-refractivity contribution in [3.8, 4) is 11.3 Å². The number of hydrogen-bond donors (Lipinski definition) is 0. The van der Waals surface area contributed by atoms with E-state index in [0.717, 1.165) is 27.9 Å². The predicted octanol–water partition coefficient (Wildman–Crippen LogP) is 4.77. The number of aromatic nitrogens is 3. The lowest BCUT2D eigenvalue weighted by molar-refractivity contribution is -0.114. The summed E-state index contributed by atoms with van der Waals surface area (Å²) in [6.07, 6.45) is 3.14. The van der Waals surface area contributed by atoms with E-state index in [1.54, 1.807) is 18.5 Å².